The third kappa shape index (κ3) is 2.85. The lowest BCUT2D eigenvalue weighted by molar-refractivity contribution is -0.0452. The zero-order valence-corrected chi connectivity index (χ0v) is 12.1. The van der Waals surface area contributed by atoms with E-state index in [1.54, 1.807) is 0 Å². The third-order valence-corrected chi connectivity index (χ3v) is 3.09. The first-order valence-corrected chi connectivity index (χ1v) is 6.19. The molecule has 0 aromatic heterocycles. The second-order valence-corrected chi connectivity index (χ2v) is 6.80. The van der Waals surface area contributed by atoms with Crippen molar-refractivity contribution in [3.05, 3.63) is 28.8 Å². The molecule has 0 aliphatic rings. The Hall–Kier alpha value is -1.06. The van der Waals surface area contributed by atoms with Gasteiger partial charge in [0.15, 0.2) is 6.29 Å². The molecule has 0 radical (unpaired) electrons. The minimum atomic E-state index is -1.67. The van der Waals surface area contributed by atoms with Crippen LogP contribution in [0.4, 0.5) is 0 Å². The number of hydrogen-bond acceptors (Lipinski definition) is 3. The lowest BCUT2D eigenvalue weighted by atomic mass is 9.78. The summed E-state index contributed by atoms with van der Waals surface area (Å²) < 4.78 is 0. The van der Waals surface area contributed by atoms with Crippen LogP contribution in [0.2, 0.25) is 0 Å². The molecular formula is C15H24O3. The lowest BCUT2D eigenvalue weighted by Crippen LogP contribution is -2.19. The maximum atomic E-state index is 10.3. The molecule has 0 amide bonds. The van der Waals surface area contributed by atoms with Crippen LogP contribution in [0.25, 0.3) is 0 Å². The molecule has 0 aliphatic heterocycles. The molecule has 0 bridgehead atoms. The summed E-state index contributed by atoms with van der Waals surface area (Å²) in [4.78, 5) is 0. The molecule has 0 heterocycles. The van der Waals surface area contributed by atoms with Gasteiger partial charge in [0.2, 0.25) is 0 Å². The summed E-state index contributed by atoms with van der Waals surface area (Å²) in [6, 6.07) is 3.73. The molecule has 1 aromatic carbocycles. The first-order valence-electron chi connectivity index (χ1n) is 6.19. The van der Waals surface area contributed by atoms with Gasteiger partial charge in [-0.15, -0.1) is 0 Å². The van der Waals surface area contributed by atoms with Crippen molar-refractivity contribution in [2.75, 3.05) is 0 Å². The molecule has 0 saturated carbocycles. The van der Waals surface area contributed by atoms with E-state index in [0.717, 1.165) is 11.1 Å². The molecule has 3 N–H and O–H groups in total. The van der Waals surface area contributed by atoms with Crippen molar-refractivity contribution in [2.24, 2.45) is 0 Å². The van der Waals surface area contributed by atoms with Gasteiger partial charge < -0.3 is 15.3 Å². The Balaban J connectivity index is 3.59. The van der Waals surface area contributed by atoms with E-state index in [9.17, 15) is 15.3 Å². The second-order valence-electron chi connectivity index (χ2n) is 6.80. The molecule has 18 heavy (non-hydrogen) atoms. The van der Waals surface area contributed by atoms with Gasteiger partial charge >= 0.3 is 0 Å². The van der Waals surface area contributed by atoms with Crippen molar-refractivity contribution < 1.29 is 15.3 Å². The van der Waals surface area contributed by atoms with E-state index in [2.05, 4.69) is 0 Å². The summed E-state index contributed by atoms with van der Waals surface area (Å²) >= 11 is 0. The largest absolute Gasteiger partial charge is 0.507 e. The smallest absolute Gasteiger partial charge is 0.182 e. The quantitative estimate of drug-likeness (QED) is 0.673. The maximum Gasteiger partial charge on any atom is 0.182 e. The van der Waals surface area contributed by atoms with Gasteiger partial charge in [0.1, 0.15) is 5.75 Å². The van der Waals surface area contributed by atoms with Crippen LogP contribution in [0.3, 0.4) is 0 Å². The number of aliphatic hydroxyl groups excluding tert-OH is 1. The molecule has 0 saturated heterocycles. The maximum absolute atomic E-state index is 10.3. The van der Waals surface area contributed by atoms with Gasteiger partial charge in [-0.3, -0.25) is 0 Å². The number of phenolic OH excluding ortho intramolecular Hbond substituents is 1. The second kappa shape index (κ2) is 4.56. The predicted octanol–water partition coefficient (Wildman–Crippen LogP) is 2.97. The van der Waals surface area contributed by atoms with E-state index >= 15 is 0 Å². The number of hydrogen-bond donors (Lipinski definition) is 3. The summed E-state index contributed by atoms with van der Waals surface area (Å²) in [5.74, 6) is -0.00933. The first kappa shape index (κ1) is 15.0. The zero-order chi connectivity index (χ0) is 14.3. The van der Waals surface area contributed by atoms with E-state index in [0.29, 0.717) is 0 Å². The highest BCUT2D eigenvalue weighted by molar-refractivity contribution is 5.51. The first-order chi connectivity index (χ1) is 7.96. The van der Waals surface area contributed by atoms with Crippen LogP contribution in [0.5, 0.6) is 5.75 Å². The van der Waals surface area contributed by atoms with Crippen LogP contribution in [-0.4, -0.2) is 15.3 Å². The SMILES string of the molecule is CC(C)(C)c1ccc(C(C)(C)C)c(C(O)O)c1O. The fourth-order valence-electron chi connectivity index (χ4n) is 2.13. The minimum absolute atomic E-state index is 0.00933. The van der Waals surface area contributed by atoms with Gasteiger partial charge in [0.25, 0.3) is 0 Å². The van der Waals surface area contributed by atoms with Crippen LogP contribution in [0, 0.1) is 0 Å². The Morgan fingerprint density at radius 1 is 0.833 bits per heavy atom. The van der Waals surface area contributed by atoms with E-state index in [4.69, 9.17) is 0 Å². The zero-order valence-electron chi connectivity index (χ0n) is 12.1. The third-order valence-electron chi connectivity index (χ3n) is 3.09. The van der Waals surface area contributed by atoms with Crippen molar-refractivity contribution in [3.63, 3.8) is 0 Å². The average molecular weight is 252 g/mol. The fraction of sp³-hybridized carbons (Fsp3) is 0.600. The Bertz CT molecular complexity index is 434. The van der Waals surface area contributed by atoms with E-state index < -0.39 is 6.29 Å². The molecule has 0 spiro atoms. The molecular weight excluding hydrogens is 228 g/mol. The van der Waals surface area contributed by atoms with Gasteiger partial charge in [-0.05, 0) is 22.0 Å². The summed E-state index contributed by atoms with van der Waals surface area (Å²) in [6.45, 7) is 11.9. The monoisotopic (exact) mass is 252 g/mol. The van der Waals surface area contributed by atoms with Crippen LogP contribution < -0.4 is 0 Å². The standard InChI is InChI=1S/C15H24O3/c1-14(2,3)9-7-8-10(15(4,5)6)12(16)11(9)13(17)18/h7-8,13,16-18H,1-6H3. The van der Waals surface area contributed by atoms with E-state index in [1.807, 2.05) is 53.7 Å². The van der Waals surface area contributed by atoms with Crippen molar-refractivity contribution in [3.8, 4) is 5.75 Å². The van der Waals surface area contributed by atoms with Crippen molar-refractivity contribution in [1.82, 2.24) is 0 Å². The van der Waals surface area contributed by atoms with Gasteiger partial charge in [0, 0.05) is 0 Å². The number of rotatable bonds is 1. The highest BCUT2D eigenvalue weighted by atomic mass is 16.5. The number of phenols is 1. The number of aliphatic hydroxyl groups is 2. The molecule has 1 rings (SSSR count). The molecule has 0 unspecified atom stereocenters. The molecule has 1 aromatic rings. The van der Waals surface area contributed by atoms with Crippen LogP contribution in [0.15, 0.2) is 12.1 Å². The summed E-state index contributed by atoms with van der Waals surface area (Å²) in [6.07, 6.45) is -1.67. The molecule has 102 valence electrons. The topological polar surface area (TPSA) is 60.7 Å². The molecule has 0 fully saturated rings. The lowest BCUT2D eigenvalue weighted by Gasteiger charge is -2.28. The fourth-order valence-corrected chi connectivity index (χ4v) is 2.13. The Morgan fingerprint density at radius 3 is 1.56 bits per heavy atom. The molecule has 3 nitrogen and oxygen atoms in total. The van der Waals surface area contributed by atoms with Crippen LogP contribution >= 0.6 is 0 Å². The Morgan fingerprint density at radius 2 is 1.22 bits per heavy atom. The summed E-state index contributed by atoms with van der Waals surface area (Å²) in [5, 5.41) is 29.4. The Kier molecular flexibility index (Phi) is 3.80. The van der Waals surface area contributed by atoms with Gasteiger partial charge in [0.05, 0.1) is 5.56 Å². The number of aromatic hydroxyl groups is 1. The van der Waals surface area contributed by atoms with E-state index in [-0.39, 0.29) is 22.1 Å². The normalized spacial score (nSPS) is 13.2. The van der Waals surface area contributed by atoms with Gasteiger partial charge in [-0.25, -0.2) is 0 Å². The van der Waals surface area contributed by atoms with Gasteiger partial charge in [-0.1, -0.05) is 53.7 Å². The van der Waals surface area contributed by atoms with Crippen molar-refractivity contribution >= 4 is 0 Å². The molecule has 0 aliphatic carbocycles. The highest BCUT2D eigenvalue weighted by Crippen LogP contribution is 2.40. The van der Waals surface area contributed by atoms with E-state index in [1.165, 1.54) is 0 Å². The minimum Gasteiger partial charge on any atom is -0.507 e. The van der Waals surface area contributed by atoms with Crippen molar-refractivity contribution in [1.29, 1.82) is 0 Å². The van der Waals surface area contributed by atoms with Crippen LogP contribution in [-0.2, 0) is 10.8 Å². The number of benzene rings is 1. The molecule has 0 atom stereocenters. The Labute approximate surface area is 109 Å². The summed E-state index contributed by atoms with van der Waals surface area (Å²) in [7, 11) is 0. The average Bonchev–Trinajstić information content (AvgIpc) is 2.12. The predicted molar refractivity (Wildman–Crippen MR) is 72.7 cm³/mol. The summed E-state index contributed by atoms with van der Waals surface area (Å²) in [5.41, 5.74) is 1.19. The molecule has 3 heteroatoms. The van der Waals surface area contributed by atoms with Crippen LogP contribution in [0.1, 0.15) is 64.5 Å². The van der Waals surface area contributed by atoms with Crippen molar-refractivity contribution in [2.45, 2.75) is 58.7 Å². The van der Waals surface area contributed by atoms with Gasteiger partial charge in [-0.2, -0.15) is 0 Å². The highest BCUT2D eigenvalue weighted by Gasteiger charge is 2.28.